The highest BCUT2D eigenvalue weighted by atomic mass is 16.5. The Kier molecular flexibility index (Phi) is 7.11. The molecule has 0 radical (unpaired) electrons. The molecule has 1 atom stereocenters. The van der Waals surface area contributed by atoms with Gasteiger partial charge in [0.15, 0.2) is 0 Å². The predicted molar refractivity (Wildman–Crippen MR) is 146 cm³/mol. The van der Waals surface area contributed by atoms with Gasteiger partial charge in [0, 0.05) is 36.1 Å². The second-order valence-corrected chi connectivity index (χ2v) is 10.0. The Labute approximate surface area is 222 Å². The summed E-state index contributed by atoms with van der Waals surface area (Å²) in [6.07, 6.45) is 6.92. The van der Waals surface area contributed by atoms with E-state index >= 15 is 0 Å². The molecule has 7 heteroatoms. The highest BCUT2D eigenvalue weighted by Gasteiger charge is 2.28. The first-order valence-corrected chi connectivity index (χ1v) is 13.3. The third-order valence-corrected chi connectivity index (χ3v) is 7.36. The predicted octanol–water partition coefficient (Wildman–Crippen LogP) is 4.85. The van der Waals surface area contributed by atoms with Crippen LogP contribution in [0.2, 0.25) is 0 Å². The van der Waals surface area contributed by atoms with E-state index in [4.69, 9.17) is 9.97 Å². The number of aromatic nitrogens is 4. The summed E-state index contributed by atoms with van der Waals surface area (Å²) >= 11 is 0. The van der Waals surface area contributed by atoms with Crippen molar-refractivity contribution in [2.24, 2.45) is 0 Å². The maximum Gasteiger partial charge on any atom is 0.247 e. The van der Waals surface area contributed by atoms with Gasteiger partial charge in [-0.15, -0.1) is 0 Å². The Bertz CT molecular complexity index is 1480. The molecule has 1 unspecified atom stereocenters. The van der Waals surface area contributed by atoms with E-state index in [-0.39, 0.29) is 6.04 Å². The zero-order valence-corrected chi connectivity index (χ0v) is 21.4. The normalized spacial score (nSPS) is 15.1. The van der Waals surface area contributed by atoms with E-state index in [0.717, 1.165) is 59.8 Å². The molecule has 38 heavy (non-hydrogen) atoms. The first-order valence-electron chi connectivity index (χ1n) is 13.3. The highest BCUT2D eigenvalue weighted by Crippen LogP contribution is 2.34. The number of hydrogen-bond donors (Lipinski definition) is 3. The van der Waals surface area contributed by atoms with Gasteiger partial charge in [-0.1, -0.05) is 42.5 Å². The van der Waals surface area contributed by atoms with E-state index in [9.17, 15) is 5.21 Å². The van der Waals surface area contributed by atoms with Gasteiger partial charge in [-0.2, -0.15) is 0 Å². The zero-order chi connectivity index (χ0) is 25.7. The molecule has 1 aliphatic carbocycles. The summed E-state index contributed by atoms with van der Waals surface area (Å²) in [5, 5.41) is 13.3. The maximum absolute atomic E-state index is 9.90. The molecule has 0 amide bonds. The lowest BCUT2D eigenvalue weighted by molar-refractivity contribution is -0.909. The smallest absolute Gasteiger partial charge is 0.247 e. The number of nitrogens with one attached hydrogen (secondary N) is 2. The average molecular weight is 506 g/mol. The monoisotopic (exact) mass is 505 g/mol. The van der Waals surface area contributed by atoms with Crippen LogP contribution in [-0.4, -0.2) is 25.1 Å². The van der Waals surface area contributed by atoms with Gasteiger partial charge in [0.25, 0.3) is 0 Å². The topological polar surface area (TPSA) is 81.0 Å². The Balaban J connectivity index is 1.19. The van der Waals surface area contributed by atoms with Gasteiger partial charge in [-0.25, -0.2) is 4.98 Å². The molecule has 0 aliphatic heterocycles. The molecule has 3 aromatic heterocycles. The number of benzene rings is 2. The SMILES string of the molecule is O[n+]1ccccc1CNCc1ccc(CN(Cc2nc3ccccc3[nH]2)C2CCCc3cccnc32)cc1. The van der Waals surface area contributed by atoms with Gasteiger partial charge in [0.1, 0.15) is 5.82 Å². The molecule has 3 N–H and O–H groups in total. The molecule has 0 saturated carbocycles. The van der Waals surface area contributed by atoms with Crippen LogP contribution in [0.5, 0.6) is 0 Å². The van der Waals surface area contributed by atoms with Crippen LogP contribution in [0.3, 0.4) is 0 Å². The second-order valence-electron chi connectivity index (χ2n) is 10.0. The fourth-order valence-electron chi connectivity index (χ4n) is 5.43. The minimum atomic E-state index is 0.255. The molecule has 5 aromatic rings. The summed E-state index contributed by atoms with van der Waals surface area (Å²) in [5.41, 5.74) is 7.95. The minimum absolute atomic E-state index is 0.255. The standard InChI is InChI=1S/C31H33N6O/c38-37-18-4-3-9-26(37)20-32-19-23-13-15-24(16-14-23)21-36(22-30-34-27-10-1-2-11-28(27)35-30)29-12-5-7-25-8-6-17-33-31(25)29/h1-4,6,8-11,13-18,29,32,38H,5,7,12,19-22H2,(H,34,35)/q+1. The number of hydrogen-bond acceptors (Lipinski definition) is 5. The Morgan fingerprint density at radius 2 is 1.76 bits per heavy atom. The molecule has 0 spiro atoms. The fourth-order valence-corrected chi connectivity index (χ4v) is 5.43. The quantitative estimate of drug-likeness (QED) is 0.197. The number of H-pyrrole nitrogens is 1. The van der Waals surface area contributed by atoms with E-state index in [0.29, 0.717) is 6.54 Å². The summed E-state index contributed by atoms with van der Waals surface area (Å²) in [5.74, 6) is 0.983. The third kappa shape index (κ3) is 5.44. The molecule has 6 rings (SSSR count). The summed E-state index contributed by atoms with van der Waals surface area (Å²) in [6.45, 7) is 2.88. The van der Waals surface area contributed by atoms with Crippen molar-refractivity contribution in [3.05, 3.63) is 125 Å². The number of aryl methyl sites for hydroxylation is 1. The van der Waals surface area contributed by atoms with Crippen LogP contribution in [0.15, 0.2) is 91.3 Å². The van der Waals surface area contributed by atoms with E-state index in [1.807, 2.05) is 36.5 Å². The van der Waals surface area contributed by atoms with Gasteiger partial charge in [0.05, 0.1) is 35.9 Å². The van der Waals surface area contributed by atoms with Crippen molar-refractivity contribution in [1.82, 2.24) is 25.2 Å². The van der Waals surface area contributed by atoms with Crippen LogP contribution in [0.4, 0.5) is 0 Å². The average Bonchev–Trinajstić information content (AvgIpc) is 3.37. The maximum atomic E-state index is 9.90. The number of aromatic amines is 1. The Morgan fingerprint density at radius 1 is 0.921 bits per heavy atom. The van der Waals surface area contributed by atoms with E-state index in [1.54, 1.807) is 6.20 Å². The fraction of sp³-hybridized carbons (Fsp3) is 0.258. The molecular weight excluding hydrogens is 472 g/mol. The number of pyridine rings is 2. The number of para-hydroxylation sites is 2. The molecule has 0 bridgehead atoms. The van der Waals surface area contributed by atoms with Crippen LogP contribution in [0, 0.1) is 0 Å². The molecule has 7 nitrogen and oxygen atoms in total. The molecule has 192 valence electrons. The first-order chi connectivity index (χ1) is 18.7. The Morgan fingerprint density at radius 3 is 2.63 bits per heavy atom. The molecule has 1 aliphatic rings. The van der Waals surface area contributed by atoms with E-state index in [1.165, 1.54) is 28.8 Å². The zero-order valence-electron chi connectivity index (χ0n) is 21.4. The summed E-state index contributed by atoms with van der Waals surface area (Å²) in [4.78, 5) is 15.7. The third-order valence-electron chi connectivity index (χ3n) is 7.36. The molecule has 2 aromatic carbocycles. The lowest BCUT2D eigenvalue weighted by Gasteiger charge is -2.34. The largest absolute Gasteiger partial charge is 0.341 e. The van der Waals surface area contributed by atoms with Gasteiger partial charge >= 0.3 is 0 Å². The van der Waals surface area contributed by atoms with Crippen molar-refractivity contribution >= 4 is 11.0 Å². The lowest BCUT2D eigenvalue weighted by Crippen LogP contribution is -2.36. The van der Waals surface area contributed by atoms with Crippen molar-refractivity contribution in [3.63, 3.8) is 0 Å². The summed E-state index contributed by atoms with van der Waals surface area (Å²) < 4.78 is 1.16. The van der Waals surface area contributed by atoms with Crippen LogP contribution < -0.4 is 10.0 Å². The minimum Gasteiger partial charge on any atom is -0.341 e. The summed E-state index contributed by atoms with van der Waals surface area (Å²) in [6, 6.07) is 27.2. The van der Waals surface area contributed by atoms with Gasteiger partial charge < -0.3 is 10.3 Å². The lowest BCUT2D eigenvalue weighted by atomic mass is 9.90. The molecule has 0 fully saturated rings. The van der Waals surface area contributed by atoms with Crippen LogP contribution >= 0.6 is 0 Å². The van der Waals surface area contributed by atoms with Crippen LogP contribution in [0.1, 0.15) is 52.8 Å². The van der Waals surface area contributed by atoms with Crippen molar-refractivity contribution in [3.8, 4) is 0 Å². The number of rotatable bonds is 9. The van der Waals surface area contributed by atoms with Crippen molar-refractivity contribution in [2.45, 2.75) is 51.5 Å². The molecule has 3 heterocycles. The van der Waals surface area contributed by atoms with E-state index in [2.05, 4.69) is 63.7 Å². The van der Waals surface area contributed by atoms with Crippen LogP contribution in [-0.2, 0) is 32.6 Å². The summed E-state index contributed by atoms with van der Waals surface area (Å²) in [7, 11) is 0. The first kappa shape index (κ1) is 24.3. The van der Waals surface area contributed by atoms with Crippen molar-refractivity contribution in [1.29, 1.82) is 0 Å². The van der Waals surface area contributed by atoms with Crippen LogP contribution in [0.25, 0.3) is 11.0 Å². The van der Waals surface area contributed by atoms with Gasteiger partial charge in [-0.05, 0) is 60.2 Å². The number of imidazole rings is 1. The Hall–Kier alpha value is -4.07. The number of nitrogens with zero attached hydrogens (tertiary/aromatic N) is 4. The van der Waals surface area contributed by atoms with Gasteiger partial charge in [-0.3, -0.25) is 15.1 Å². The second kappa shape index (κ2) is 11.1. The van der Waals surface area contributed by atoms with Gasteiger partial charge in [0.2, 0.25) is 11.9 Å². The molecule has 0 saturated heterocycles. The van der Waals surface area contributed by atoms with Crippen molar-refractivity contribution in [2.75, 3.05) is 0 Å². The van der Waals surface area contributed by atoms with E-state index < -0.39 is 0 Å². The van der Waals surface area contributed by atoms with Crippen molar-refractivity contribution < 1.29 is 9.94 Å². The number of fused-ring (bicyclic) bond motifs is 2. The highest BCUT2D eigenvalue weighted by molar-refractivity contribution is 5.74. The molecular formula is C31H33N6O+.